The van der Waals surface area contributed by atoms with Gasteiger partial charge in [-0.1, -0.05) is 15.9 Å². The molecule has 0 aliphatic rings. The molecule has 0 bridgehead atoms. The summed E-state index contributed by atoms with van der Waals surface area (Å²) in [6.07, 6.45) is 3.28. The predicted octanol–water partition coefficient (Wildman–Crippen LogP) is 2.37. The first-order valence-electron chi connectivity index (χ1n) is 5.10. The van der Waals surface area contributed by atoms with Gasteiger partial charge in [0.1, 0.15) is 5.75 Å². The Morgan fingerprint density at radius 2 is 2.06 bits per heavy atom. The van der Waals surface area contributed by atoms with Crippen LogP contribution < -0.4 is 10.5 Å². The Morgan fingerprint density at radius 1 is 1.29 bits per heavy atom. The van der Waals surface area contributed by atoms with Gasteiger partial charge in [-0.05, 0) is 18.2 Å². The van der Waals surface area contributed by atoms with E-state index in [0.29, 0.717) is 6.54 Å². The number of ether oxygens (including phenoxy) is 1. The Morgan fingerprint density at radius 3 is 2.76 bits per heavy atom. The molecular weight excluding hydrogens is 282 g/mol. The van der Waals surface area contributed by atoms with Crippen molar-refractivity contribution in [3.63, 3.8) is 0 Å². The summed E-state index contributed by atoms with van der Waals surface area (Å²) in [5.74, 6) is 0.753. The van der Waals surface area contributed by atoms with Gasteiger partial charge in [0.2, 0.25) is 0 Å². The first-order chi connectivity index (χ1) is 8.26. The van der Waals surface area contributed by atoms with Crippen LogP contribution in [0.4, 0.5) is 0 Å². The number of nitrogens with two attached hydrogens (primary N) is 1. The normalized spacial score (nSPS) is 10.3. The fraction of sp³-hybridized carbons (Fsp3) is 0.167. The molecule has 0 fully saturated rings. The van der Waals surface area contributed by atoms with Crippen LogP contribution in [0.3, 0.4) is 0 Å². The smallest absolute Gasteiger partial charge is 0.128 e. The molecule has 0 aliphatic heterocycles. The highest BCUT2D eigenvalue weighted by molar-refractivity contribution is 9.10. The number of benzene rings is 1. The first-order valence-corrected chi connectivity index (χ1v) is 5.89. The van der Waals surface area contributed by atoms with Crippen molar-refractivity contribution in [2.75, 3.05) is 7.11 Å². The summed E-state index contributed by atoms with van der Waals surface area (Å²) in [6, 6.07) is 5.75. The minimum absolute atomic E-state index is 0.346. The number of aromatic nitrogens is 2. The molecule has 17 heavy (non-hydrogen) atoms. The molecule has 0 unspecified atom stereocenters. The van der Waals surface area contributed by atoms with Gasteiger partial charge >= 0.3 is 0 Å². The minimum Gasteiger partial charge on any atom is -0.496 e. The molecule has 0 amide bonds. The van der Waals surface area contributed by atoms with Gasteiger partial charge < -0.3 is 10.5 Å². The van der Waals surface area contributed by atoms with Gasteiger partial charge in [0, 0.05) is 29.0 Å². The second kappa shape index (κ2) is 5.25. The van der Waals surface area contributed by atoms with Gasteiger partial charge in [-0.15, -0.1) is 0 Å². The Balaban J connectivity index is 2.62. The lowest BCUT2D eigenvalue weighted by atomic mass is 10.1. The third-order valence-corrected chi connectivity index (χ3v) is 2.88. The van der Waals surface area contributed by atoms with E-state index in [9.17, 15) is 0 Å². The SMILES string of the molecule is COc1ccc(Br)cc1-c1nccnc1CN. The summed E-state index contributed by atoms with van der Waals surface area (Å²) < 4.78 is 6.28. The van der Waals surface area contributed by atoms with Crippen molar-refractivity contribution in [1.82, 2.24) is 9.97 Å². The molecule has 0 saturated heterocycles. The minimum atomic E-state index is 0.346. The summed E-state index contributed by atoms with van der Waals surface area (Å²) in [5.41, 5.74) is 8.06. The van der Waals surface area contributed by atoms with Gasteiger partial charge in [0.15, 0.2) is 0 Å². The second-order valence-electron chi connectivity index (χ2n) is 3.40. The summed E-state index contributed by atoms with van der Waals surface area (Å²) in [5, 5.41) is 0. The van der Waals surface area contributed by atoms with Crippen LogP contribution in [0.25, 0.3) is 11.3 Å². The standard InChI is InChI=1S/C12H12BrN3O/c1-17-11-3-2-8(13)6-9(11)12-10(7-14)15-4-5-16-12/h2-6H,7,14H2,1H3. The van der Waals surface area contributed by atoms with Crippen LogP contribution in [0.5, 0.6) is 5.75 Å². The summed E-state index contributed by atoms with van der Waals surface area (Å²) in [7, 11) is 1.63. The molecule has 88 valence electrons. The largest absolute Gasteiger partial charge is 0.496 e. The molecule has 1 heterocycles. The van der Waals surface area contributed by atoms with Gasteiger partial charge in [0.25, 0.3) is 0 Å². The fourth-order valence-electron chi connectivity index (χ4n) is 1.61. The number of nitrogens with zero attached hydrogens (tertiary/aromatic N) is 2. The number of hydrogen-bond acceptors (Lipinski definition) is 4. The molecule has 0 radical (unpaired) electrons. The van der Waals surface area contributed by atoms with E-state index in [2.05, 4.69) is 25.9 Å². The number of halogens is 1. The number of hydrogen-bond donors (Lipinski definition) is 1. The van der Waals surface area contributed by atoms with Gasteiger partial charge in [0.05, 0.1) is 18.5 Å². The molecule has 0 atom stereocenters. The van der Waals surface area contributed by atoms with Crippen molar-refractivity contribution in [3.05, 3.63) is 40.8 Å². The third kappa shape index (κ3) is 2.45. The quantitative estimate of drug-likeness (QED) is 0.944. The summed E-state index contributed by atoms with van der Waals surface area (Å²) >= 11 is 3.43. The van der Waals surface area contributed by atoms with Crippen LogP contribution in [0.2, 0.25) is 0 Å². The van der Waals surface area contributed by atoms with Crippen molar-refractivity contribution in [2.45, 2.75) is 6.54 Å². The molecule has 1 aromatic heterocycles. The zero-order valence-electron chi connectivity index (χ0n) is 9.35. The van der Waals surface area contributed by atoms with E-state index < -0.39 is 0 Å². The molecule has 2 rings (SSSR count). The summed E-state index contributed by atoms with van der Waals surface area (Å²) in [4.78, 5) is 8.55. The average Bonchev–Trinajstić information content (AvgIpc) is 2.38. The third-order valence-electron chi connectivity index (χ3n) is 2.38. The number of methoxy groups -OCH3 is 1. The fourth-order valence-corrected chi connectivity index (χ4v) is 1.97. The molecule has 5 heteroatoms. The maximum absolute atomic E-state index is 5.66. The second-order valence-corrected chi connectivity index (χ2v) is 4.32. The zero-order valence-corrected chi connectivity index (χ0v) is 10.9. The van der Waals surface area contributed by atoms with E-state index >= 15 is 0 Å². The van der Waals surface area contributed by atoms with E-state index in [4.69, 9.17) is 10.5 Å². The van der Waals surface area contributed by atoms with Gasteiger partial charge in [-0.2, -0.15) is 0 Å². The Labute approximate surface area is 108 Å². The van der Waals surface area contributed by atoms with E-state index in [1.54, 1.807) is 19.5 Å². The van der Waals surface area contributed by atoms with Crippen molar-refractivity contribution >= 4 is 15.9 Å². The highest BCUT2D eigenvalue weighted by atomic mass is 79.9. The van der Waals surface area contributed by atoms with Crippen LogP contribution in [-0.2, 0) is 6.54 Å². The Kier molecular flexibility index (Phi) is 3.71. The van der Waals surface area contributed by atoms with Crippen molar-refractivity contribution in [1.29, 1.82) is 0 Å². The lowest BCUT2D eigenvalue weighted by Crippen LogP contribution is -2.04. The van der Waals surface area contributed by atoms with Gasteiger partial charge in [-0.3, -0.25) is 9.97 Å². The lowest BCUT2D eigenvalue weighted by molar-refractivity contribution is 0.416. The maximum atomic E-state index is 5.66. The monoisotopic (exact) mass is 293 g/mol. The Hall–Kier alpha value is -1.46. The van der Waals surface area contributed by atoms with Crippen molar-refractivity contribution in [3.8, 4) is 17.0 Å². The highest BCUT2D eigenvalue weighted by Gasteiger charge is 2.12. The van der Waals surface area contributed by atoms with Gasteiger partial charge in [-0.25, -0.2) is 0 Å². The molecule has 0 aliphatic carbocycles. The van der Waals surface area contributed by atoms with E-state index in [1.165, 1.54) is 0 Å². The number of rotatable bonds is 3. The summed E-state index contributed by atoms with van der Waals surface area (Å²) in [6.45, 7) is 0.346. The average molecular weight is 294 g/mol. The molecular formula is C12H12BrN3O. The van der Waals surface area contributed by atoms with Crippen LogP contribution in [0, 0.1) is 0 Å². The molecule has 2 N–H and O–H groups in total. The topological polar surface area (TPSA) is 61.0 Å². The van der Waals surface area contributed by atoms with Crippen molar-refractivity contribution < 1.29 is 4.74 Å². The lowest BCUT2D eigenvalue weighted by Gasteiger charge is -2.10. The Bertz CT molecular complexity index is 531. The first kappa shape index (κ1) is 12.0. The van der Waals surface area contributed by atoms with Crippen LogP contribution in [0.15, 0.2) is 35.1 Å². The van der Waals surface area contributed by atoms with Crippen LogP contribution in [-0.4, -0.2) is 17.1 Å². The zero-order chi connectivity index (χ0) is 12.3. The van der Waals surface area contributed by atoms with Crippen LogP contribution in [0.1, 0.15) is 5.69 Å². The van der Waals surface area contributed by atoms with Crippen LogP contribution >= 0.6 is 15.9 Å². The maximum Gasteiger partial charge on any atom is 0.128 e. The highest BCUT2D eigenvalue weighted by Crippen LogP contribution is 2.32. The predicted molar refractivity (Wildman–Crippen MR) is 69.6 cm³/mol. The molecule has 0 saturated carbocycles. The molecule has 1 aromatic carbocycles. The molecule has 4 nitrogen and oxygen atoms in total. The molecule has 0 spiro atoms. The van der Waals surface area contributed by atoms with E-state index in [0.717, 1.165) is 27.2 Å². The molecule has 2 aromatic rings. The van der Waals surface area contributed by atoms with E-state index in [-0.39, 0.29) is 0 Å². The van der Waals surface area contributed by atoms with Crippen molar-refractivity contribution in [2.24, 2.45) is 5.73 Å². The van der Waals surface area contributed by atoms with E-state index in [1.807, 2.05) is 18.2 Å².